The molecule has 0 amide bonds. The van der Waals surface area contributed by atoms with Gasteiger partial charge >= 0.3 is 6.18 Å². The molecule has 0 aliphatic rings. The predicted molar refractivity (Wildman–Crippen MR) is 71.5 cm³/mol. The standard InChI is InChI=1S/C12H7Cl2F4N3/c1-21-11(12(16,17)18)9(14)10(20-21)6-2-5(4-19)7(13)3-8(6)15/h2-4,19H,1H3. The monoisotopic (exact) mass is 339 g/mol. The molecule has 2 rings (SSSR count). The molecule has 0 saturated carbocycles. The van der Waals surface area contributed by atoms with Gasteiger partial charge in [0.05, 0.1) is 10.0 Å². The summed E-state index contributed by atoms with van der Waals surface area (Å²) in [4.78, 5) is 0. The number of aryl methyl sites for hydroxylation is 1. The third kappa shape index (κ3) is 2.75. The van der Waals surface area contributed by atoms with Crippen LogP contribution in [0, 0.1) is 11.2 Å². The summed E-state index contributed by atoms with van der Waals surface area (Å²) >= 11 is 11.4. The van der Waals surface area contributed by atoms with Crippen LogP contribution in [0.2, 0.25) is 10.0 Å². The van der Waals surface area contributed by atoms with Gasteiger partial charge in [-0.25, -0.2) is 4.39 Å². The summed E-state index contributed by atoms with van der Waals surface area (Å²) in [6.07, 6.45) is -3.86. The van der Waals surface area contributed by atoms with Crippen molar-refractivity contribution in [3.05, 3.63) is 39.3 Å². The van der Waals surface area contributed by atoms with E-state index in [-0.39, 0.29) is 21.8 Å². The molecule has 0 atom stereocenters. The highest BCUT2D eigenvalue weighted by Gasteiger charge is 2.39. The summed E-state index contributed by atoms with van der Waals surface area (Å²) in [5, 5.41) is 10.0. The zero-order valence-corrected chi connectivity index (χ0v) is 11.9. The fourth-order valence-electron chi connectivity index (χ4n) is 1.84. The van der Waals surface area contributed by atoms with Crippen LogP contribution in [0.25, 0.3) is 11.3 Å². The van der Waals surface area contributed by atoms with Gasteiger partial charge in [-0.15, -0.1) is 0 Å². The van der Waals surface area contributed by atoms with Gasteiger partial charge in [-0.1, -0.05) is 23.2 Å². The lowest BCUT2D eigenvalue weighted by molar-refractivity contribution is -0.143. The third-order valence-corrected chi connectivity index (χ3v) is 3.44. The van der Waals surface area contributed by atoms with Crippen molar-refractivity contribution in [1.82, 2.24) is 9.78 Å². The number of alkyl halides is 3. The number of hydrogen-bond acceptors (Lipinski definition) is 2. The van der Waals surface area contributed by atoms with Gasteiger partial charge in [0.15, 0.2) is 5.69 Å². The number of halogens is 6. The van der Waals surface area contributed by atoms with Crippen LogP contribution in [0.1, 0.15) is 11.3 Å². The first-order chi connectivity index (χ1) is 9.66. The normalized spacial score (nSPS) is 11.8. The molecule has 1 N–H and O–H groups in total. The van der Waals surface area contributed by atoms with E-state index in [1.807, 2.05) is 0 Å². The molecular formula is C12H7Cl2F4N3. The lowest BCUT2D eigenvalue weighted by Crippen LogP contribution is -2.12. The number of nitrogens with one attached hydrogen (secondary N) is 1. The van der Waals surface area contributed by atoms with Crippen LogP contribution in [-0.2, 0) is 13.2 Å². The number of aromatic nitrogens is 2. The summed E-state index contributed by atoms with van der Waals surface area (Å²) < 4.78 is 53.0. The summed E-state index contributed by atoms with van der Waals surface area (Å²) in [6.45, 7) is 0. The Balaban J connectivity index is 2.72. The first kappa shape index (κ1) is 15.8. The Hall–Kier alpha value is -1.60. The highest BCUT2D eigenvalue weighted by Crippen LogP contribution is 2.40. The fraction of sp³-hybridized carbons (Fsp3) is 0.167. The van der Waals surface area contributed by atoms with Gasteiger partial charge in [-0.2, -0.15) is 18.3 Å². The molecule has 1 aromatic carbocycles. The van der Waals surface area contributed by atoms with Gasteiger partial charge in [0.1, 0.15) is 11.5 Å². The van der Waals surface area contributed by atoms with E-state index in [0.717, 1.165) is 25.4 Å². The molecule has 3 nitrogen and oxygen atoms in total. The molecule has 9 heteroatoms. The van der Waals surface area contributed by atoms with Crippen molar-refractivity contribution in [2.24, 2.45) is 7.05 Å². The smallest absolute Gasteiger partial charge is 0.308 e. The Morgan fingerprint density at radius 2 is 1.90 bits per heavy atom. The SMILES string of the molecule is Cn1nc(-c2cc(C=N)c(Cl)cc2F)c(Cl)c1C(F)(F)F. The molecule has 112 valence electrons. The van der Waals surface area contributed by atoms with Crippen LogP contribution in [0.3, 0.4) is 0 Å². The van der Waals surface area contributed by atoms with Crippen LogP contribution in [0.5, 0.6) is 0 Å². The molecule has 0 radical (unpaired) electrons. The quantitative estimate of drug-likeness (QED) is 0.632. The molecule has 1 heterocycles. The second-order valence-electron chi connectivity index (χ2n) is 4.13. The molecule has 0 spiro atoms. The molecule has 0 fully saturated rings. The average Bonchev–Trinajstić information content (AvgIpc) is 2.64. The van der Waals surface area contributed by atoms with Crippen molar-refractivity contribution in [2.75, 3.05) is 0 Å². The van der Waals surface area contributed by atoms with E-state index in [2.05, 4.69) is 5.10 Å². The summed E-state index contributed by atoms with van der Waals surface area (Å²) in [6, 6.07) is 2.02. The molecule has 21 heavy (non-hydrogen) atoms. The van der Waals surface area contributed by atoms with Crippen molar-refractivity contribution in [2.45, 2.75) is 6.18 Å². The summed E-state index contributed by atoms with van der Waals surface area (Å²) in [5.74, 6) is -0.876. The Morgan fingerprint density at radius 1 is 1.29 bits per heavy atom. The van der Waals surface area contributed by atoms with Crippen LogP contribution < -0.4 is 0 Å². The van der Waals surface area contributed by atoms with E-state index in [0.29, 0.717) is 4.68 Å². The maximum absolute atomic E-state index is 13.9. The Kier molecular flexibility index (Phi) is 3.99. The van der Waals surface area contributed by atoms with Gasteiger partial charge in [-0.05, 0) is 12.1 Å². The van der Waals surface area contributed by atoms with Gasteiger partial charge in [0, 0.05) is 24.4 Å². The molecule has 0 unspecified atom stereocenters. The molecular weight excluding hydrogens is 333 g/mol. The van der Waals surface area contributed by atoms with Crippen molar-refractivity contribution in [3.8, 4) is 11.3 Å². The van der Waals surface area contributed by atoms with E-state index in [1.165, 1.54) is 0 Å². The zero-order chi connectivity index (χ0) is 15.9. The third-order valence-electron chi connectivity index (χ3n) is 2.75. The van der Waals surface area contributed by atoms with E-state index in [4.69, 9.17) is 28.6 Å². The molecule has 1 aromatic heterocycles. The molecule has 0 saturated heterocycles. The first-order valence-electron chi connectivity index (χ1n) is 5.46. The fourth-order valence-corrected chi connectivity index (χ4v) is 2.41. The Bertz CT molecular complexity index is 722. The topological polar surface area (TPSA) is 41.7 Å². The maximum atomic E-state index is 13.9. The van der Waals surface area contributed by atoms with Crippen molar-refractivity contribution < 1.29 is 17.6 Å². The van der Waals surface area contributed by atoms with E-state index in [1.54, 1.807) is 0 Å². The maximum Gasteiger partial charge on any atom is 0.434 e. The van der Waals surface area contributed by atoms with Crippen LogP contribution in [-0.4, -0.2) is 16.0 Å². The van der Waals surface area contributed by atoms with E-state index >= 15 is 0 Å². The Morgan fingerprint density at radius 3 is 2.38 bits per heavy atom. The van der Waals surface area contributed by atoms with E-state index < -0.39 is 22.7 Å². The van der Waals surface area contributed by atoms with Crippen molar-refractivity contribution in [1.29, 1.82) is 5.41 Å². The lowest BCUT2D eigenvalue weighted by atomic mass is 10.1. The second-order valence-corrected chi connectivity index (χ2v) is 4.92. The highest BCUT2D eigenvalue weighted by atomic mass is 35.5. The summed E-state index contributed by atoms with van der Waals surface area (Å²) in [7, 11) is 1.06. The summed E-state index contributed by atoms with van der Waals surface area (Å²) in [5.41, 5.74) is -1.65. The highest BCUT2D eigenvalue weighted by molar-refractivity contribution is 6.34. The predicted octanol–water partition coefficient (Wildman–Crippen LogP) is 4.55. The molecule has 0 aliphatic heterocycles. The van der Waals surface area contributed by atoms with Crippen LogP contribution in [0.15, 0.2) is 12.1 Å². The molecule has 2 aromatic rings. The molecule has 0 aliphatic carbocycles. The number of benzene rings is 1. The largest absolute Gasteiger partial charge is 0.434 e. The Labute approximate surface area is 126 Å². The van der Waals surface area contributed by atoms with Crippen molar-refractivity contribution in [3.63, 3.8) is 0 Å². The van der Waals surface area contributed by atoms with Crippen LogP contribution >= 0.6 is 23.2 Å². The average molecular weight is 340 g/mol. The van der Waals surface area contributed by atoms with E-state index in [9.17, 15) is 17.6 Å². The number of hydrogen-bond donors (Lipinski definition) is 1. The van der Waals surface area contributed by atoms with Crippen molar-refractivity contribution >= 4 is 29.4 Å². The minimum absolute atomic E-state index is 0.0330. The van der Waals surface area contributed by atoms with Gasteiger partial charge < -0.3 is 5.41 Å². The molecule has 0 bridgehead atoms. The number of nitrogens with zero attached hydrogens (tertiary/aromatic N) is 2. The minimum atomic E-state index is -4.72. The van der Waals surface area contributed by atoms with Crippen LogP contribution in [0.4, 0.5) is 17.6 Å². The number of rotatable bonds is 2. The van der Waals surface area contributed by atoms with Gasteiger partial charge in [0.25, 0.3) is 0 Å². The lowest BCUT2D eigenvalue weighted by Gasteiger charge is -2.06. The minimum Gasteiger partial charge on any atom is -0.308 e. The van der Waals surface area contributed by atoms with Gasteiger partial charge in [0.2, 0.25) is 0 Å². The second kappa shape index (κ2) is 5.31. The van der Waals surface area contributed by atoms with Gasteiger partial charge in [-0.3, -0.25) is 4.68 Å². The first-order valence-corrected chi connectivity index (χ1v) is 6.22. The zero-order valence-electron chi connectivity index (χ0n) is 10.4.